The summed E-state index contributed by atoms with van der Waals surface area (Å²) < 4.78 is 0. The first kappa shape index (κ1) is 10.2. The molecule has 0 heterocycles. The number of aliphatic hydroxyl groups is 1. The van der Waals surface area contributed by atoms with Crippen molar-refractivity contribution in [1.29, 1.82) is 0 Å². The molecule has 64 valence electrons. The summed E-state index contributed by atoms with van der Waals surface area (Å²) in [6, 6.07) is 0. The Hall–Kier alpha value is -0.830. The lowest BCUT2D eigenvalue weighted by Gasteiger charge is -2.16. The quantitative estimate of drug-likeness (QED) is 0.584. The van der Waals surface area contributed by atoms with Crippen LogP contribution in [-0.2, 0) is 4.79 Å². The summed E-state index contributed by atoms with van der Waals surface area (Å²) >= 11 is 0. The summed E-state index contributed by atoms with van der Waals surface area (Å²) in [7, 11) is 0. The second-order valence-corrected chi connectivity index (χ2v) is 3.20. The predicted molar refractivity (Wildman–Crippen MR) is 44.1 cm³/mol. The maximum Gasteiger partial charge on any atom is 0.251 e. The van der Waals surface area contributed by atoms with Crippen molar-refractivity contribution in [2.75, 3.05) is 6.54 Å². The molecule has 0 radical (unpaired) electrons. The van der Waals surface area contributed by atoms with Crippen LogP contribution in [0, 0.1) is 0 Å². The molecule has 0 aromatic rings. The number of hydrogen-bond acceptors (Lipinski definition) is 2. The number of rotatable bonds is 3. The Kier molecular flexibility index (Phi) is 3.26. The van der Waals surface area contributed by atoms with Crippen molar-refractivity contribution in [3.8, 4) is 0 Å². The van der Waals surface area contributed by atoms with Crippen molar-refractivity contribution in [2.24, 2.45) is 0 Å². The summed E-state index contributed by atoms with van der Waals surface area (Å²) in [4.78, 5) is 11.0. The highest BCUT2D eigenvalue weighted by Gasteiger charge is 2.22. The molecule has 0 atom stereocenters. The topological polar surface area (TPSA) is 49.3 Å². The van der Waals surface area contributed by atoms with Gasteiger partial charge in [-0.1, -0.05) is 12.2 Å². The van der Waals surface area contributed by atoms with Crippen molar-refractivity contribution in [1.82, 2.24) is 5.32 Å². The fourth-order valence-electron chi connectivity index (χ4n) is 0.447. The first-order valence-electron chi connectivity index (χ1n) is 3.49. The van der Waals surface area contributed by atoms with Gasteiger partial charge >= 0.3 is 0 Å². The molecule has 0 aromatic heterocycles. The summed E-state index contributed by atoms with van der Waals surface area (Å²) in [5.74, 6) is -0.375. The SMILES string of the molecule is C=C(C)CNC(=O)C(C)(C)O. The first-order valence-corrected chi connectivity index (χ1v) is 3.49. The van der Waals surface area contributed by atoms with Gasteiger partial charge < -0.3 is 10.4 Å². The monoisotopic (exact) mass is 157 g/mol. The normalized spacial score (nSPS) is 10.9. The van der Waals surface area contributed by atoms with Crippen LogP contribution in [0.5, 0.6) is 0 Å². The van der Waals surface area contributed by atoms with Crippen molar-refractivity contribution in [3.05, 3.63) is 12.2 Å². The Morgan fingerprint density at radius 3 is 2.36 bits per heavy atom. The van der Waals surface area contributed by atoms with E-state index in [1.807, 2.05) is 6.92 Å². The minimum Gasteiger partial charge on any atom is -0.381 e. The number of hydrogen-bond donors (Lipinski definition) is 2. The molecule has 0 saturated heterocycles. The van der Waals surface area contributed by atoms with Crippen LogP contribution in [-0.4, -0.2) is 23.2 Å². The van der Waals surface area contributed by atoms with Crippen LogP contribution in [0.3, 0.4) is 0 Å². The van der Waals surface area contributed by atoms with E-state index in [2.05, 4.69) is 11.9 Å². The lowest BCUT2D eigenvalue weighted by molar-refractivity contribution is -0.136. The van der Waals surface area contributed by atoms with Crippen LogP contribution in [0.1, 0.15) is 20.8 Å². The van der Waals surface area contributed by atoms with Gasteiger partial charge in [0, 0.05) is 6.54 Å². The Morgan fingerprint density at radius 1 is 1.64 bits per heavy atom. The fraction of sp³-hybridized carbons (Fsp3) is 0.625. The van der Waals surface area contributed by atoms with E-state index in [9.17, 15) is 4.79 Å². The van der Waals surface area contributed by atoms with Crippen molar-refractivity contribution in [3.63, 3.8) is 0 Å². The standard InChI is InChI=1S/C8H15NO2/c1-6(2)5-9-7(10)8(3,4)11/h11H,1,5H2,2-4H3,(H,9,10). The first-order chi connectivity index (χ1) is 4.84. The van der Waals surface area contributed by atoms with Gasteiger partial charge in [-0.3, -0.25) is 4.79 Å². The molecule has 0 aliphatic carbocycles. The molecule has 0 rings (SSSR count). The zero-order valence-electron chi connectivity index (χ0n) is 7.27. The van der Waals surface area contributed by atoms with Gasteiger partial charge in [0.25, 0.3) is 5.91 Å². The van der Waals surface area contributed by atoms with E-state index in [1.54, 1.807) is 0 Å². The van der Waals surface area contributed by atoms with Crippen LogP contribution in [0.15, 0.2) is 12.2 Å². The van der Waals surface area contributed by atoms with E-state index < -0.39 is 5.60 Å². The molecule has 0 bridgehead atoms. The van der Waals surface area contributed by atoms with Crippen molar-refractivity contribution >= 4 is 5.91 Å². The summed E-state index contributed by atoms with van der Waals surface area (Å²) in [5.41, 5.74) is -0.433. The molecule has 11 heavy (non-hydrogen) atoms. The third kappa shape index (κ3) is 4.56. The number of carbonyl (C=O) groups excluding carboxylic acids is 1. The maximum absolute atomic E-state index is 11.0. The zero-order chi connectivity index (χ0) is 9.07. The number of amides is 1. The van der Waals surface area contributed by atoms with E-state index in [0.29, 0.717) is 6.54 Å². The molecule has 0 saturated carbocycles. The highest BCUT2D eigenvalue weighted by atomic mass is 16.3. The lowest BCUT2D eigenvalue weighted by atomic mass is 10.1. The largest absolute Gasteiger partial charge is 0.381 e. The van der Waals surface area contributed by atoms with Gasteiger partial charge in [0.05, 0.1) is 0 Å². The Labute approximate surface area is 67.1 Å². The Morgan fingerprint density at radius 2 is 2.09 bits per heavy atom. The minimum atomic E-state index is -1.30. The average molecular weight is 157 g/mol. The van der Waals surface area contributed by atoms with Gasteiger partial charge in [-0.2, -0.15) is 0 Å². The number of nitrogens with one attached hydrogen (secondary N) is 1. The third-order valence-electron chi connectivity index (χ3n) is 1.11. The van der Waals surface area contributed by atoms with Gasteiger partial charge in [-0.25, -0.2) is 0 Å². The Bertz CT molecular complexity index is 167. The van der Waals surface area contributed by atoms with Gasteiger partial charge in [-0.05, 0) is 20.8 Å². The van der Waals surface area contributed by atoms with Crippen molar-refractivity contribution < 1.29 is 9.90 Å². The van der Waals surface area contributed by atoms with Crippen LogP contribution in [0.2, 0.25) is 0 Å². The smallest absolute Gasteiger partial charge is 0.251 e. The highest BCUT2D eigenvalue weighted by Crippen LogP contribution is 1.99. The van der Waals surface area contributed by atoms with E-state index in [4.69, 9.17) is 5.11 Å². The van der Waals surface area contributed by atoms with Crippen LogP contribution in [0.4, 0.5) is 0 Å². The third-order valence-corrected chi connectivity index (χ3v) is 1.11. The molecule has 0 fully saturated rings. The maximum atomic E-state index is 11.0. The molecule has 3 nitrogen and oxygen atoms in total. The lowest BCUT2D eigenvalue weighted by Crippen LogP contribution is -2.42. The van der Waals surface area contributed by atoms with Gasteiger partial charge in [0.1, 0.15) is 5.60 Å². The van der Waals surface area contributed by atoms with E-state index in [0.717, 1.165) is 5.57 Å². The van der Waals surface area contributed by atoms with Crippen molar-refractivity contribution in [2.45, 2.75) is 26.4 Å². The minimum absolute atomic E-state index is 0.375. The molecule has 0 unspecified atom stereocenters. The second-order valence-electron chi connectivity index (χ2n) is 3.20. The average Bonchev–Trinajstić information content (AvgIpc) is 1.80. The van der Waals surface area contributed by atoms with E-state index in [-0.39, 0.29) is 5.91 Å². The number of carbonyl (C=O) groups is 1. The van der Waals surface area contributed by atoms with Crippen LogP contribution >= 0.6 is 0 Å². The molecular formula is C8H15NO2. The molecule has 0 spiro atoms. The predicted octanol–water partition coefficient (Wildman–Crippen LogP) is 0.450. The van der Waals surface area contributed by atoms with Crippen LogP contribution in [0.25, 0.3) is 0 Å². The summed E-state index contributed by atoms with van der Waals surface area (Å²) in [6.45, 7) is 8.73. The molecule has 0 aliphatic rings. The Balaban J connectivity index is 3.80. The van der Waals surface area contributed by atoms with E-state index >= 15 is 0 Å². The van der Waals surface area contributed by atoms with Crippen LogP contribution < -0.4 is 5.32 Å². The molecule has 3 heteroatoms. The fourth-order valence-corrected chi connectivity index (χ4v) is 0.447. The van der Waals surface area contributed by atoms with Gasteiger partial charge in [0.15, 0.2) is 0 Å². The molecule has 1 amide bonds. The summed E-state index contributed by atoms with van der Waals surface area (Å²) in [6.07, 6.45) is 0. The molecule has 0 aliphatic heterocycles. The summed E-state index contributed by atoms with van der Waals surface area (Å²) in [5, 5.41) is 11.7. The molecule has 2 N–H and O–H groups in total. The molecular weight excluding hydrogens is 142 g/mol. The van der Waals surface area contributed by atoms with Gasteiger partial charge in [0.2, 0.25) is 0 Å². The van der Waals surface area contributed by atoms with E-state index in [1.165, 1.54) is 13.8 Å². The zero-order valence-corrected chi connectivity index (χ0v) is 7.27. The second kappa shape index (κ2) is 3.53. The van der Waals surface area contributed by atoms with Gasteiger partial charge in [-0.15, -0.1) is 0 Å². The molecule has 0 aromatic carbocycles. The highest BCUT2D eigenvalue weighted by molar-refractivity contribution is 5.84.